The summed E-state index contributed by atoms with van der Waals surface area (Å²) in [6.07, 6.45) is 0. The van der Waals surface area contributed by atoms with Crippen molar-refractivity contribution in [3.05, 3.63) is 34.3 Å². The van der Waals surface area contributed by atoms with E-state index in [1.54, 1.807) is 24.7 Å². The maximum absolute atomic E-state index is 12.5. The predicted octanol–water partition coefficient (Wildman–Crippen LogP) is 1.19. The van der Waals surface area contributed by atoms with Gasteiger partial charge in [-0.1, -0.05) is 0 Å². The van der Waals surface area contributed by atoms with Gasteiger partial charge in [-0.15, -0.1) is 0 Å². The molecule has 0 saturated carbocycles. The molecule has 2 heterocycles. The van der Waals surface area contributed by atoms with Crippen LogP contribution in [0.15, 0.2) is 17.3 Å². The first-order valence-electron chi connectivity index (χ1n) is 7.41. The first kappa shape index (κ1) is 18.0. The molecule has 0 radical (unpaired) electrons. The Morgan fingerprint density at radius 1 is 1.46 bits per heavy atom. The highest BCUT2D eigenvalue weighted by Gasteiger charge is 2.33. The number of nitrogens with zero attached hydrogens (tertiary/aromatic N) is 2. The number of esters is 1. The fourth-order valence-electron chi connectivity index (χ4n) is 2.62. The van der Waals surface area contributed by atoms with Crippen molar-refractivity contribution < 1.29 is 14.3 Å². The average Bonchev–Trinajstić information content (AvgIpc) is 2.82. The van der Waals surface area contributed by atoms with Gasteiger partial charge in [0.2, 0.25) is 0 Å². The highest BCUT2D eigenvalue weighted by molar-refractivity contribution is 7.80. The predicted molar refractivity (Wildman–Crippen MR) is 92.0 cm³/mol. The fraction of sp³-hybridized carbons (Fsp3) is 0.438. The first-order chi connectivity index (χ1) is 11.4. The van der Waals surface area contributed by atoms with Gasteiger partial charge in [0.1, 0.15) is 18.4 Å². The monoisotopic (exact) mass is 348 g/mol. The lowest BCUT2D eigenvalue weighted by molar-refractivity contribution is -0.140. The molecule has 0 unspecified atom stereocenters. The number of aromatic nitrogens is 1. The smallest absolute Gasteiger partial charge is 0.338 e. The molecule has 8 heteroatoms. The zero-order chi connectivity index (χ0) is 17.9. The van der Waals surface area contributed by atoms with Gasteiger partial charge in [-0.3, -0.25) is 0 Å². The molecule has 2 rings (SSSR count). The summed E-state index contributed by atoms with van der Waals surface area (Å²) in [6, 6.07) is 3.43. The molecule has 2 N–H and O–H groups in total. The van der Waals surface area contributed by atoms with E-state index in [-0.39, 0.29) is 6.61 Å². The third-order valence-electron chi connectivity index (χ3n) is 4.01. The van der Waals surface area contributed by atoms with Crippen LogP contribution in [-0.2, 0) is 21.3 Å². The number of carbonyl (C=O) groups is 1. The average molecular weight is 348 g/mol. The second-order valence-electron chi connectivity index (χ2n) is 5.44. The summed E-state index contributed by atoms with van der Waals surface area (Å²) in [5.41, 5.74) is 3.28. The number of nitriles is 1. The zero-order valence-electron chi connectivity index (χ0n) is 14.1. The highest BCUT2D eigenvalue weighted by atomic mass is 32.1. The zero-order valence-corrected chi connectivity index (χ0v) is 14.9. The molecule has 7 nitrogen and oxygen atoms in total. The quantitative estimate of drug-likeness (QED) is 0.469. The molecule has 24 heavy (non-hydrogen) atoms. The summed E-state index contributed by atoms with van der Waals surface area (Å²) >= 11 is 5.22. The molecule has 0 aliphatic carbocycles. The minimum Gasteiger partial charge on any atom is -0.460 e. The molecule has 1 aromatic heterocycles. The van der Waals surface area contributed by atoms with E-state index < -0.39 is 12.0 Å². The van der Waals surface area contributed by atoms with Crippen molar-refractivity contribution in [3.63, 3.8) is 0 Å². The second kappa shape index (κ2) is 7.47. The van der Waals surface area contributed by atoms with Crippen LogP contribution >= 0.6 is 12.2 Å². The van der Waals surface area contributed by atoms with Crippen molar-refractivity contribution in [2.75, 3.05) is 20.3 Å². The van der Waals surface area contributed by atoms with Crippen LogP contribution in [0.4, 0.5) is 0 Å². The Kier molecular flexibility index (Phi) is 5.59. The number of hydrogen-bond acceptors (Lipinski definition) is 5. The van der Waals surface area contributed by atoms with Crippen LogP contribution in [0.3, 0.4) is 0 Å². The van der Waals surface area contributed by atoms with E-state index in [1.807, 2.05) is 14.0 Å². The summed E-state index contributed by atoms with van der Waals surface area (Å²) in [7, 11) is 3.35. The minimum absolute atomic E-state index is 0.167. The van der Waals surface area contributed by atoms with E-state index >= 15 is 0 Å². The van der Waals surface area contributed by atoms with Crippen molar-refractivity contribution in [1.82, 2.24) is 15.2 Å². The maximum Gasteiger partial charge on any atom is 0.338 e. The minimum atomic E-state index is -0.470. The van der Waals surface area contributed by atoms with Crippen LogP contribution in [0.1, 0.15) is 29.9 Å². The van der Waals surface area contributed by atoms with E-state index in [2.05, 4.69) is 16.7 Å². The molecule has 1 aromatic rings. The lowest BCUT2D eigenvalue weighted by atomic mass is 9.96. The Bertz CT molecular complexity index is 745. The van der Waals surface area contributed by atoms with Crippen molar-refractivity contribution in [1.29, 1.82) is 5.26 Å². The molecule has 0 amide bonds. The molecule has 128 valence electrons. The molecule has 0 saturated heterocycles. The standard InChI is InChI=1S/C16H20N4O3S/c1-9-13(15(21)23-6-5-22-4)14(19-16(24)18-9)12-7-11(8-17)20(3)10(12)2/h7,14H,5-6H2,1-4H3,(H2,18,19,24)/t14-/m0/s1. The van der Waals surface area contributed by atoms with Crippen LogP contribution in [0.5, 0.6) is 0 Å². The van der Waals surface area contributed by atoms with Crippen LogP contribution in [0, 0.1) is 18.3 Å². The number of ether oxygens (including phenoxy) is 2. The van der Waals surface area contributed by atoms with Crippen LogP contribution in [-0.4, -0.2) is 36.0 Å². The summed E-state index contributed by atoms with van der Waals surface area (Å²) in [6.45, 7) is 4.16. The third-order valence-corrected chi connectivity index (χ3v) is 4.23. The van der Waals surface area contributed by atoms with Gasteiger partial charge in [0.05, 0.1) is 18.2 Å². The molecule has 0 fully saturated rings. The van der Waals surface area contributed by atoms with Gasteiger partial charge >= 0.3 is 5.97 Å². The molecule has 0 aromatic carbocycles. The fourth-order valence-corrected chi connectivity index (χ4v) is 2.89. The Balaban J connectivity index is 2.42. The first-order valence-corrected chi connectivity index (χ1v) is 7.82. The summed E-state index contributed by atoms with van der Waals surface area (Å²) < 4.78 is 12.0. The molecule has 0 bridgehead atoms. The Morgan fingerprint density at radius 3 is 2.75 bits per heavy atom. The van der Waals surface area contributed by atoms with Crippen molar-refractivity contribution in [2.24, 2.45) is 7.05 Å². The van der Waals surface area contributed by atoms with Gasteiger partial charge in [-0.05, 0) is 32.1 Å². The SMILES string of the molecule is COCCOC(=O)C1=C(C)NC(=S)N[C@H]1c1cc(C#N)n(C)c1C. The van der Waals surface area contributed by atoms with Gasteiger partial charge < -0.3 is 24.7 Å². The van der Waals surface area contributed by atoms with Gasteiger partial charge in [0.15, 0.2) is 5.11 Å². The molecule has 1 atom stereocenters. The van der Waals surface area contributed by atoms with E-state index in [1.165, 1.54) is 0 Å². The number of nitrogens with one attached hydrogen (secondary N) is 2. The van der Waals surface area contributed by atoms with E-state index in [9.17, 15) is 10.1 Å². The van der Waals surface area contributed by atoms with Crippen LogP contribution in [0.2, 0.25) is 0 Å². The summed E-state index contributed by atoms with van der Waals surface area (Å²) in [4.78, 5) is 12.5. The largest absolute Gasteiger partial charge is 0.460 e. The Morgan fingerprint density at radius 2 is 2.17 bits per heavy atom. The van der Waals surface area contributed by atoms with E-state index in [4.69, 9.17) is 21.7 Å². The lowest BCUT2D eigenvalue weighted by Gasteiger charge is -2.29. The summed E-state index contributed by atoms with van der Waals surface area (Å²) in [5, 5.41) is 15.7. The molecular formula is C16H20N4O3S. The second-order valence-corrected chi connectivity index (χ2v) is 5.85. The number of allylic oxidation sites excluding steroid dienone is 1. The number of carbonyl (C=O) groups excluding carboxylic acids is 1. The van der Waals surface area contributed by atoms with Gasteiger partial charge in [-0.25, -0.2) is 4.79 Å². The highest BCUT2D eigenvalue weighted by Crippen LogP contribution is 2.31. The molecule has 1 aliphatic rings. The van der Waals surface area contributed by atoms with Gasteiger partial charge in [0.25, 0.3) is 0 Å². The topological polar surface area (TPSA) is 88.3 Å². The Hall–Kier alpha value is -2.37. The van der Waals surface area contributed by atoms with E-state index in [0.717, 1.165) is 11.3 Å². The Labute approximate surface area is 146 Å². The van der Waals surface area contributed by atoms with E-state index in [0.29, 0.717) is 28.7 Å². The maximum atomic E-state index is 12.5. The third kappa shape index (κ3) is 3.42. The van der Waals surface area contributed by atoms with Gasteiger partial charge in [-0.2, -0.15) is 5.26 Å². The van der Waals surface area contributed by atoms with Crippen molar-refractivity contribution in [3.8, 4) is 6.07 Å². The summed E-state index contributed by atoms with van der Waals surface area (Å²) in [5.74, 6) is -0.446. The molecular weight excluding hydrogens is 328 g/mol. The van der Waals surface area contributed by atoms with Crippen molar-refractivity contribution >= 4 is 23.3 Å². The number of thiocarbonyl (C=S) groups is 1. The molecule has 0 spiro atoms. The van der Waals surface area contributed by atoms with Crippen molar-refractivity contribution in [2.45, 2.75) is 19.9 Å². The van der Waals surface area contributed by atoms with Crippen LogP contribution < -0.4 is 10.6 Å². The number of methoxy groups -OCH3 is 1. The molecule has 1 aliphatic heterocycles. The normalized spacial score (nSPS) is 17.1. The lowest BCUT2D eigenvalue weighted by Crippen LogP contribution is -2.45. The number of rotatable bonds is 5. The number of hydrogen-bond donors (Lipinski definition) is 2. The van der Waals surface area contributed by atoms with Gasteiger partial charge in [0, 0.05) is 31.1 Å². The van der Waals surface area contributed by atoms with Crippen LogP contribution in [0.25, 0.3) is 0 Å².